The predicted octanol–water partition coefficient (Wildman–Crippen LogP) is 3.79. The van der Waals surface area contributed by atoms with Crippen LogP contribution in [0.2, 0.25) is 0 Å². The van der Waals surface area contributed by atoms with Crippen LogP contribution in [-0.2, 0) is 9.47 Å². The fourth-order valence-corrected chi connectivity index (χ4v) is 5.24. The zero-order chi connectivity index (χ0) is 31.7. The van der Waals surface area contributed by atoms with E-state index >= 15 is 0 Å². The van der Waals surface area contributed by atoms with E-state index in [0.29, 0.717) is 69.5 Å². The van der Waals surface area contributed by atoms with Crippen molar-refractivity contribution in [3.05, 3.63) is 108 Å². The van der Waals surface area contributed by atoms with Gasteiger partial charge in [0.15, 0.2) is 0 Å². The maximum atomic E-state index is 12.1. The average molecular weight is 625 g/mol. The highest BCUT2D eigenvalue weighted by atomic mass is 16.5. The standard InChI is InChI=1S/C35H44N8O3/c44-32(30-14-8-3-9-15-30)37-20-24-45-26-27-46-25-21-39-34-40-33(41-35(42-34)43-22-18-36-19-23-43)38-17-16-31(28-10-4-1-5-11-28)29-12-6-2-7-13-29/h1-15,31,36H,16-27H2,(H,37,44)(H2,38,39,40,41,42). The lowest BCUT2D eigenvalue weighted by molar-refractivity contribution is 0.0519. The summed E-state index contributed by atoms with van der Waals surface area (Å²) >= 11 is 0. The molecular formula is C35H44N8O3. The smallest absolute Gasteiger partial charge is 0.251 e. The molecule has 46 heavy (non-hydrogen) atoms. The van der Waals surface area contributed by atoms with E-state index in [1.54, 1.807) is 12.1 Å². The molecule has 1 amide bonds. The molecule has 0 unspecified atom stereocenters. The molecule has 0 spiro atoms. The van der Waals surface area contributed by atoms with E-state index in [1.165, 1.54) is 11.1 Å². The number of anilines is 3. The highest BCUT2D eigenvalue weighted by molar-refractivity contribution is 5.94. The number of amides is 1. The Hall–Kier alpha value is -4.58. The molecule has 5 rings (SSSR count). The number of hydrogen-bond acceptors (Lipinski definition) is 10. The number of carbonyl (C=O) groups excluding carboxylic acids is 1. The van der Waals surface area contributed by atoms with E-state index in [2.05, 4.69) is 91.8 Å². The molecule has 242 valence electrons. The molecule has 1 aromatic heterocycles. The first kappa shape index (κ1) is 32.8. The summed E-state index contributed by atoms with van der Waals surface area (Å²) in [7, 11) is 0. The van der Waals surface area contributed by atoms with Crippen molar-refractivity contribution >= 4 is 23.8 Å². The third-order valence-electron chi connectivity index (χ3n) is 7.61. The van der Waals surface area contributed by atoms with E-state index in [1.807, 2.05) is 18.2 Å². The van der Waals surface area contributed by atoms with Gasteiger partial charge in [0, 0.05) is 57.3 Å². The van der Waals surface area contributed by atoms with Crippen LogP contribution >= 0.6 is 0 Å². The first-order valence-corrected chi connectivity index (χ1v) is 16.0. The number of benzene rings is 3. The second-order valence-electron chi connectivity index (χ2n) is 10.9. The largest absolute Gasteiger partial charge is 0.377 e. The molecule has 11 heteroatoms. The Morgan fingerprint density at radius 2 is 1.24 bits per heavy atom. The second-order valence-corrected chi connectivity index (χ2v) is 10.9. The minimum atomic E-state index is -0.105. The zero-order valence-electron chi connectivity index (χ0n) is 26.2. The number of carbonyl (C=O) groups is 1. The number of ether oxygens (including phenoxy) is 2. The summed E-state index contributed by atoms with van der Waals surface area (Å²) in [5.41, 5.74) is 3.21. The van der Waals surface area contributed by atoms with E-state index < -0.39 is 0 Å². The molecule has 3 aromatic carbocycles. The fourth-order valence-electron chi connectivity index (χ4n) is 5.24. The molecule has 11 nitrogen and oxygen atoms in total. The third kappa shape index (κ3) is 10.5. The van der Waals surface area contributed by atoms with Gasteiger partial charge in [-0.15, -0.1) is 0 Å². The van der Waals surface area contributed by atoms with Crippen molar-refractivity contribution in [1.29, 1.82) is 0 Å². The van der Waals surface area contributed by atoms with Crippen LogP contribution in [0.1, 0.15) is 33.8 Å². The molecule has 2 heterocycles. The molecule has 0 aliphatic carbocycles. The number of hydrogen-bond donors (Lipinski definition) is 4. The minimum absolute atomic E-state index is 0.105. The minimum Gasteiger partial charge on any atom is -0.377 e. The average Bonchev–Trinajstić information content (AvgIpc) is 3.12. The SMILES string of the molecule is O=C(NCCOCCOCCNc1nc(NCCC(c2ccccc2)c2ccccc2)nc(N2CCNCC2)n1)c1ccccc1. The second kappa shape index (κ2) is 18.4. The van der Waals surface area contributed by atoms with Crippen LogP contribution in [0, 0.1) is 0 Å². The molecule has 0 radical (unpaired) electrons. The molecule has 0 saturated carbocycles. The molecular weight excluding hydrogens is 580 g/mol. The van der Waals surface area contributed by atoms with Crippen molar-refractivity contribution in [3.8, 4) is 0 Å². The van der Waals surface area contributed by atoms with Crippen LogP contribution in [0.15, 0.2) is 91.0 Å². The quantitative estimate of drug-likeness (QED) is 0.122. The molecule has 0 atom stereocenters. The topological polar surface area (TPSA) is 126 Å². The van der Waals surface area contributed by atoms with Gasteiger partial charge in [-0.25, -0.2) is 0 Å². The van der Waals surface area contributed by atoms with Crippen LogP contribution in [0.25, 0.3) is 0 Å². The van der Waals surface area contributed by atoms with Gasteiger partial charge in [0.05, 0.1) is 26.4 Å². The summed E-state index contributed by atoms with van der Waals surface area (Å²) < 4.78 is 11.3. The summed E-state index contributed by atoms with van der Waals surface area (Å²) in [5.74, 6) is 1.89. The van der Waals surface area contributed by atoms with Gasteiger partial charge < -0.3 is 35.6 Å². The van der Waals surface area contributed by atoms with Crippen molar-refractivity contribution < 1.29 is 14.3 Å². The molecule has 1 fully saturated rings. The Morgan fingerprint density at radius 3 is 1.85 bits per heavy atom. The van der Waals surface area contributed by atoms with Crippen molar-refractivity contribution in [2.24, 2.45) is 0 Å². The summed E-state index contributed by atoms with van der Waals surface area (Å²) in [6.07, 6.45) is 0.890. The van der Waals surface area contributed by atoms with E-state index in [9.17, 15) is 4.79 Å². The number of aromatic nitrogens is 3. The molecule has 4 N–H and O–H groups in total. The molecule has 1 aliphatic rings. The third-order valence-corrected chi connectivity index (χ3v) is 7.61. The van der Waals surface area contributed by atoms with Crippen molar-refractivity contribution in [2.75, 3.05) is 87.8 Å². The lowest BCUT2D eigenvalue weighted by Gasteiger charge is -2.27. The van der Waals surface area contributed by atoms with E-state index in [4.69, 9.17) is 19.4 Å². The van der Waals surface area contributed by atoms with Crippen LogP contribution in [0.5, 0.6) is 0 Å². The highest BCUT2D eigenvalue weighted by Crippen LogP contribution is 2.28. The number of rotatable bonds is 18. The van der Waals surface area contributed by atoms with Gasteiger partial charge in [0.1, 0.15) is 0 Å². The van der Waals surface area contributed by atoms with Crippen molar-refractivity contribution in [3.63, 3.8) is 0 Å². The fraction of sp³-hybridized carbons (Fsp3) is 0.371. The van der Waals surface area contributed by atoms with Crippen LogP contribution < -0.4 is 26.2 Å². The van der Waals surface area contributed by atoms with Gasteiger partial charge in [0.2, 0.25) is 17.8 Å². The van der Waals surface area contributed by atoms with E-state index in [-0.39, 0.29) is 11.8 Å². The molecule has 4 aromatic rings. The molecule has 0 bridgehead atoms. The van der Waals surface area contributed by atoms with Crippen LogP contribution in [0.4, 0.5) is 17.8 Å². The summed E-state index contributed by atoms with van der Waals surface area (Å²) in [6, 6.07) is 30.4. The lowest BCUT2D eigenvalue weighted by Crippen LogP contribution is -2.44. The normalized spacial score (nSPS) is 13.0. The van der Waals surface area contributed by atoms with Crippen molar-refractivity contribution in [1.82, 2.24) is 25.6 Å². The Balaban J connectivity index is 1.07. The molecule has 1 saturated heterocycles. The monoisotopic (exact) mass is 624 g/mol. The number of piperazine rings is 1. The van der Waals surface area contributed by atoms with Gasteiger partial charge in [-0.2, -0.15) is 15.0 Å². The highest BCUT2D eigenvalue weighted by Gasteiger charge is 2.17. The van der Waals surface area contributed by atoms with Crippen LogP contribution in [0.3, 0.4) is 0 Å². The summed E-state index contributed by atoms with van der Waals surface area (Å²) in [6.45, 7) is 6.95. The lowest BCUT2D eigenvalue weighted by atomic mass is 9.88. The first-order chi connectivity index (χ1) is 22.8. The summed E-state index contributed by atoms with van der Waals surface area (Å²) in [4.78, 5) is 28.4. The Morgan fingerprint density at radius 1 is 0.696 bits per heavy atom. The zero-order valence-corrected chi connectivity index (χ0v) is 26.2. The maximum Gasteiger partial charge on any atom is 0.251 e. The van der Waals surface area contributed by atoms with Gasteiger partial charge >= 0.3 is 0 Å². The Kier molecular flexibility index (Phi) is 13.1. The van der Waals surface area contributed by atoms with E-state index in [0.717, 1.165) is 32.6 Å². The van der Waals surface area contributed by atoms with Gasteiger partial charge in [0.25, 0.3) is 5.91 Å². The van der Waals surface area contributed by atoms with Gasteiger partial charge in [-0.1, -0.05) is 78.9 Å². The van der Waals surface area contributed by atoms with Gasteiger partial charge in [-0.3, -0.25) is 4.79 Å². The van der Waals surface area contributed by atoms with Gasteiger partial charge in [-0.05, 0) is 29.7 Å². The Bertz CT molecular complexity index is 1400. The maximum absolute atomic E-state index is 12.1. The number of nitrogens with one attached hydrogen (secondary N) is 4. The number of nitrogens with zero attached hydrogens (tertiary/aromatic N) is 4. The summed E-state index contributed by atoms with van der Waals surface area (Å²) in [5, 5.41) is 13.0. The van der Waals surface area contributed by atoms with Crippen molar-refractivity contribution in [2.45, 2.75) is 12.3 Å². The van der Waals surface area contributed by atoms with Crippen LogP contribution in [-0.4, -0.2) is 93.1 Å². The Labute approximate surface area is 271 Å². The predicted molar refractivity (Wildman–Crippen MR) is 182 cm³/mol. The molecule has 1 aliphatic heterocycles. The first-order valence-electron chi connectivity index (χ1n) is 16.0.